The Hall–Kier alpha value is -0.0600. The molecule has 0 aromatic heterocycles. The molecule has 2 nitrogen and oxygen atoms in total. The van der Waals surface area contributed by atoms with Crippen molar-refractivity contribution < 1.29 is 9.47 Å². The smallest absolute Gasteiger partial charge is 0.133 e. The molecule has 1 fully saturated rings. The molecule has 0 N–H and O–H groups in total. The van der Waals surface area contributed by atoms with Crippen molar-refractivity contribution in [3.05, 3.63) is 27.1 Å². The lowest BCUT2D eigenvalue weighted by Crippen LogP contribution is -2.11. The van der Waals surface area contributed by atoms with E-state index in [-0.39, 0.29) is 0 Å². The Morgan fingerprint density at radius 2 is 2.27 bits per heavy atom. The fourth-order valence-electron chi connectivity index (χ4n) is 1.51. The van der Waals surface area contributed by atoms with Gasteiger partial charge in [0.2, 0.25) is 0 Å². The average Bonchev–Trinajstić information content (AvgIpc) is 2.69. The van der Waals surface area contributed by atoms with E-state index in [0.29, 0.717) is 5.92 Å². The number of halogens is 2. The van der Waals surface area contributed by atoms with Crippen molar-refractivity contribution in [3.8, 4) is 5.75 Å². The quantitative estimate of drug-likeness (QED) is 0.839. The van der Waals surface area contributed by atoms with E-state index in [1.54, 1.807) is 0 Å². The van der Waals surface area contributed by atoms with Crippen LogP contribution in [0.5, 0.6) is 5.75 Å². The summed E-state index contributed by atoms with van der Waals surface area (Å²) < 4.78 is 13.1. The molecule has 1 aromatic rings. The summed E-state index contributed by atoms with van der Waals surface area (Å²) in [4.78, 5) is 0. The second-order valence-corrected chi connectivity index (χ2v) is 5.39. The number of hydrogen-bond acceptors (Lipinski definition) is 2. The number of hydrogen-bond donors (Lipinski definition) is 0. The molecule has 0 spiro atoms. The Bertz CT molecular complexity index is 335. The van der Waals surface area contributed by atoms with Crippen LogP contribution in [0.15, 0.2) is 27.1 Å². The molecule has 0 amide bonds. The maximum Gasteiger partial charge on any atom is 0.133 e. The summed E-state index contributed by atoms with van der Waals surface area (Å²) in [6.07, 6.45) is 1.11. The zero-order chi connectivity index (χ0) is 10.7. The molecule has 1 aliphatic rings. The Labute approximate surface area is 106 Å². The first kappa shape index (κ1) is 11.4. The Morgan fingerprint density at radius 3 is 2.93 bits per heavy atom. The van der Waals surface area contributed by atoms with Gasteiger partial charge in [-0.3, -0.25) is 0 Å². The van der Waals surface area contributed by atoms with Gasteiger partial charge >= 0.3 is 0 Å². The molecule has 0 unspecified atom stereocenters. The largest absolute Gasteiger partial charge is 0.492 e. The van der Waals surface area contributed by atoms with Crippen molar-refractivity contribution in [2.45, 2.75) is 6.42 Å². The van der Waals surface area contributed by atoms with E-state index in [2.05, 4.69) is 31.9 Å². The lowest BCUT2D eigenvalue weighted by molar-refractivity contribution is 0.167. The Kier molecular flexibility index (Phi) is 4.05. The van der Waals surface area contributed by atoms with E-state index < -0.39 is 0 Å². The van der Waals surface area contributed by atoms with Gasteiger partial charge in [-0.05, 0) is 40.5 Å². The van der Waals surface area contributed by atoms with Gasteiger partial charge in [-0.1, -0.05) is 15.9 Å². The summed E-state index contributed by atoms with van der Waals surface area (Å²) >= 11 is 6.88. The van der Waals surface area contributed by atoms with Gasteiger partial charge in [0, 0.05) is 17.0 Å². The highest BCUT2D eigenvalue weighted by molar-refractivity contribution is 9.11. The molecule has 0 radical (unpaired) electrons. The van der Waals surface area contributed by atoms with E-state index >= 15 is 0 Å². The third-order valence-electron chi connectivity index (χ3n) is 2.39. The lowest BCUT2D eigenvalue weighted by atomic mass is 10.1. The molecule has 15 heavy (non-hydrogen) atoms. The molecule has 82 valence electrons. The zero-order valence-corrected chi connectivity index (χ0v) is 11.4. The number of benzene rings is 1. The van der Waals surface area contributed by atoms with Gasteiger partial charge in [0.05, 0.1) is 17.7 Å². The SMILES string of the molecule is Brc1ccc(OC[C@@H]2CCOC2)c(Br)c1. The topological polar surface area (TPSA) is 18.5 Å². The number of ether oxygens (including phenoxy) is 2. The van der Waals surface area contributed by atoms with Crippen LogP contribution in [0.3, 0.4) is 0 Å². The van der Waals surface area contributed by atoms with Crippen molar-refractivity contribution in [2.24, 2.45) is 5.92 Å². The van der Waals surface area contributed by atoms with Crippen molar-refractivity contribution in [1.82, 2.24) is 0 Å². The van der Waals surface area contributed by atoms with E-state index in [4.69, 9.17) is 9.47 Å². The van der Waals surface area contributed by atoms with Crippen LogP contribution in [-0.2, 0) is 4.74 Å². The molecule has 1 aromatic carbocycles. The van der Waals surface area contributed by atoms with Crippen molar-refractivity contribution in [2.75, 3.05) is 19.8 Å². The van der Waals surface area contributed by atoms with Crippen LogP contribution in [0.2, 0.25) is 0 Å². The van der Waals surface area contributed by atoms with Crippen molar-refractivity contribution in [3.63, 3.8) is 0 Å². The maximum atomic E-state index is 5.73. The predicted octanol–water partition coefficient (Wildman–Crippen LogP) is 3.63. The molecule has 2 rings (SSSR count). The van der Waals surface area contributed by atoms with Gasteiger partial charge in [0.1, 0.15) is 5.75 Å². The van der Waals surface area contributed by atoms with Crippen LogP contribution in [-0.4, -0.2) is 19.8 Å². The molecule has 1 heterocycles. The van der Waals surface area contributed by atoms with Crippen molar-refractivity contribution in [1.29, 1.82) is 0 Å². The summed E-state index contributed by atoms with van der Waals surface area (Å²) in [5.41, 5.74) is 0. The fraction of sp³-hybridized carbons (Fsp3) is 0.455. The normalized spacial score (nSPS) is 20.5. The summed E-state index contributed by atoms with van der Waals surface area (Å²) in [5, 5.41) is 0. The first-order valence-corrected chi connectivity index (χ1v) is 6.50. The van der Waals surface area contributed by atoms with Gasteiger partial charge in [-0.15, -0.1) is 0 Å². The third-order valence-corrected chi connectivity index (χ3v) is 3.51. The minimum absolute atomic E-state index is 0.542. The van der Waals surface area contributed by atoms with Crippen LogP contribution in [0.4, 0.5) is 0 Å². The highest BCUT2D eigenvalue weighted by atomic mass is 79.9. The van der Waals surface area contributed by atoms with Crippen LogP contribution >= 0.6 is 31.9 Å². The lowest BCUT2D eigenvalue weighted by Gasteiger charge is -2.11. The molecule has 4 heteroatoms. The summed E-state index contributed by atoms with van der Waals surface area (Å²) in [7, 11) is 0. The minimum Gasteiger partial charge on any atom is -0.492 e. The second kappa shape index (κ2) is 5.32. The Morgan fingerprint density at radius 1 is 1.40 bits per heavy atom. The van der Waals surface area contributed by atoms with Crippen LogP contribution in [0.25, 0.3) is 0 Å². The zero-order valence-electron chi connectivity index (χ0n) is 8.21. The summed E-state index contributed by atoms with van der Waals surface area (Å²) in [5.74, 6) is 1.44. The van der Waals surface area contributed by atoms with Gasteiger partial charge in [-0.2, -0.15) is 0 Å². The van der Waals surface area contributed by atoms with Crippen LogP contribution < -0.4 is 4.74 Å². The first-order chi connectivity index (χ1) is 7.25. The third kappa shape index (κ3) is 3.20. The maximum absolute atomic E-state index is 5.73. The molecule has 0 aliphatic carbocycles. The van der Waals surface area contributed by atoms with Gasteiger partial charge in [0.15, 0.2) is 0 Å². The Balaban J connectivity index is 1.92. The van der Waals surface area contributed by atoms with Crippen LogP contribution in [0, 0.1) is 5.92 Å². The number of rotatable bonds is 3. The van der Waals surface area contributed by atoms with Gasteiger partial charge in [-0.25, -0.2) is 0 Å². The molecule has 1 saturated heterocycles. The van der Waals surface area contributed by atoms with E-state index in [0.717, 1.165) is 40.9 Å². The second-order valence-electron chi connectivity index (χ2n) is 3.62. The average molecular weight is 336 g/mol. The van der Waals surface area contributed by atoms with E-state index in [1.165, 1.54) is 0 Å². The molecule has 1 atom stereocenters. The summed E-state index contributed by atoms with van der Waals surface area (Å²) in [6.45, 7) is 2.43. The molecular weight excluding hydrogens is 324 g/mol. The fourth-order valence-corrected chi connectivity index (χ4v) is 2.68. The highest BCUT2D eigenvalue weighted by Gasteiger charge is 2.16. The highest BCUT2D eigenvalue weighted by Crippen LogP contribution is 2.29. The predicted molar refractivity (Wildman–Crippen MR) is 66.3 cm³/mol. The molecule has 1 aliphatic heterocycles. The monoisotopic (exact) mass is 334 g/mol. The van der Waals surface area contributed by atoms with E-state index in [9.17, 15) is 0 Å². The molecular formula is C11H12Br2O2. The van der Waals surface area contributed by atoms with E-state index in [1.807, 2.05) is 18.2 Å². The first-order valence-electron chi connectivity index (χ1n) is 4.91. The minimum atomic E-state index is 0.542. The standard InChI is InChI=1S/C11H12Br2O2/c12-9-1-2-11(10(13)5-9)15-7-8-3-4-14-6-8/h1-2,5,8H,3-4,6-7H2/t8-/m1/s1. The van der Waals surface area contributed by atoms with Crippen LogP contribution in [0.1, 0.15) is 6.42 Å². The van der Waals surface area contributed by atoms with Gasteiger partial charge in [0.25, 0.3) is 0 Å². The van der Waals surface area contributed by atoms with Gasteiger partial charge < -0.3 is 9.47 Å². The summed E-state index contributed by atoms with van der Waals surface area (Å²) in [6, 6.07) is 5.93. The van der Waals surface area contributed by atoms with Crippen molar-refractivity contribution >= 4 is 31.9 Å². The molecule has 0 bridgehead atoms. The molecule has 0 saturated carbocycles.